The zero-order chi connectivity index (χ0) is 16.4. The minimum Gasteiger partial charge on any atom is -0.336 e. The summed E-state index contributed by atoms with van der Waals surface area (Å²) in [4.78, 5) is 36.2. The topological polar surface area (TPSA) is 110 Å². The fourth-order valence-electron chi connectivity index (χ4n) is 2.17. The van der Waals surface area contributed by atoms with Crippen molar-refractivity contribution in [3.05, 3.63) is 42.9 Å². The maximum absolute atomic E-state index is 12.5. The standard InChI is InChI=1S/C12H13ClN4O5/c1-14-2-4-15(5-3-14)12(18)9-6-8(16(19)20)7-10(11(9)13)17(21)22/h6-7H,2-5H2,1H3. The van der Waals surface area contributed by atoms with Crippen molar-refractivity contribution < 1.29 is 14.6 Å². The number of carbonyl (C=O) groups is 1. The Balaban J connectivity index is 2.42. The summed E-state index contributed by atoms with van der Waals surface area (Å²) in [6, 6.07) is 1.74. The van der Waals surface area contributed by atoms with E-state index in [0.29, 0.717) is 26.2 Å². The molecule has 10 heteroatoms. The Kier molecular flexibility index (Phi) is 4.57. The Labute approximate surface area is 130 Å². The van der Waals surface area contributed by atoms with Crippen LogP contribution in [0.2, 0.25) is 5.02 Å². The molecule has 0 N–H and O–H groups in total. The van der Waals surface area contributed by atoms with E-state index in [4.69, 9.17) is 11.6 Å². The van der Waals surface area contributed by atoms with Crippen molar-refractivity contribution in [3.63, 3.8) is 0 Å². The predicted octanol–water partition coefficient (Wildman–Crippen LogP) is 1.54. The predicted molar refractivity (Wildman–Crippen MR) is 78.2 cm³/mol. The van der Waals surface area contributed by atoms with Gasteiger partial charge in [-0.3, -0.25) is 25.0 Å². The summed E-state index contributed by atoms with van der Waals surface area (Å²) >= 11 is 5.90. The second-order valence-corrected chi connectivity index (χ2v) is 5.31. The van der Waals surface area contributed by atoms with Gasteiger partial charge in [0.2, 0.25) is 0 Å². The molecule has 0 aliphatic carbocycles. The van der Waals surface area contributed by atoms with Crippen molar-refractivity contribution in [2.45, 2.75) is 0 Å². The third kappa shape index (κ3) is 3.15. The number of halogens is 1. The van der Waals surface area contributed by atoms with E-state index in [0.717, 1.165) is 12.1 Å². The lowest BCUT2D eigenvalue weighted by molar-refractivity contribution is -0.394. The van der Waals surface area contributed by atoms with Gasteiger partial charge in [-0.1, -0.05) is 11.6 Å². The highest BCUT2D eigenvalue weighted by atomic mass is 35.5. The lowest BCUT2D eigenvalue weighted by Crippen LogP contribution is -2.47. The monoisotopic (exact) mass is 328 g/mol. The molecule has 1 fully saturated rings. The lowest BCUT2D eigenvalue weighted by atomic mass is 10.1. The van der Waals surface area contributed by atoms with Crippen LogP contribution in [0, 0.1) is 20.2 Å². The van der Waals surface area contributed by atoms with Gasteiger partial charge in [0.15, 0.2) is 0 Å². The Morgan fingerprint density at radius 3 is 2.23 bits per heavy atom. The normalized spacial score (nSPS) is 15.6. The largest absolute Gasteiger partial charge is 0.336 e. The SMILES string of the molecule is CN1CCN(C(=O)c2cc([N+](=O)[O-])cc([N+](=O)[O-])c2Cl)CC1. The summed E-state index contributed by atoms with van der Waals surface area (Å²) in [5.41, 5.74) is -1.39. The number of amides is 1. The van der Waals surface area contributed by atoms with Crippen LogP contribution >= 0.6 is 11.6 Å². The Hall–Kier alpha value is -2.26. The molecule has 0 unspecified atom stereocenters. The Bertz CT molecular complexity index is 643. The van der Waals surface area contributed by atoms with Gasteiger partial charge in [0.25, 0.3) is 17.3 Å². The lowest BCUT2D eigenvalue weighted by Gasteiger charge is -2.32. The van der Waals surface area contributed by atoms with Crippen LogP contribution in [0.15, 0.2) is 12.1 Å². The van der Waals surface area contributed by atoms with E-state index in [1.807, 2.05) is 11.9 Å². The van der Waals surface area contributed by atoms with Crippen molar-refractivity contribution in [3.8, 4) is 0 Å². The van der Waals surface area contributed by atoms with Crippen LogP contribution in [0.4, 0.5) is 11.4 Å². The third-order valence-electron chi connectivity index (χ3n) is 3.47. The molecule has 0 saturated carbocycles. The highest BCUT2D eigenvalue weighted by Gasteiger charge is 2.29. The molecule has 0 spiro atoms. The van der Waals surface area contributed by atoms with E-state index in [9.17, 15) is 25.0 Å². The number of rotatable bonds is 3. The number of nitro benzene ring substituents is 2. The first-order valence-corrected chi connectivity index (χ1v) is 6.79. The second kappa shape index (κ2) is 6.24. The zero-order valence-corrected chi connectivity index (χ0v) is 12.4. The second-order valence-electron chi connectivity index (χ2n) is 4.94. The van der Waals surface area contributed by atoms with Crippen LogP contribution in [0.1, 0.15) is 10.4 Å². The molecule has 1 aromatic carbocycles. The van der Waals surface area contributed by atoms with Crippen LogP contribution in [0.3, 0.4) is 0 Å². The summed E-state index contributed by atoms with van der Waals surface area (Å²) in [6.07, 6.45) is 0. The summed E-state index contributed by atoms with van der Waals surface area (Å²) in [5, 5.41) is 21.5. The molecular weight excluding hydrogens is 316 g/mol. The smallest absolute Gasteiger partial charge is 0.295 e. The molecule has 1 amide bonds. The van der Waals surface area contributed by atoms with Gasteiger partial charge in [-0.25, -0.2) is 0 Å². The van der Waals surface area contributed by atoms with Gasteiger partial charge in [-0.05, 0) is 7.05 Å². The molecule has 9 nitrogen and oxygen atoms in total. The van der Waals surface area contributed by atoms with Crippen molar-refractivity contribution in [1.82, 2.24) is 9.80 Å². The van der Waals surface area contributed by atoms with Gasteiger partial charge < -0.3 is 9.80 Å². The van der Waals surface area contributed by atoms with Gasteiger partial charge in [-0.2, -0.15) is 0 Å². The first-order valence-electron chi connectivity index (χ1n) is 6.41. The van der Waals surface area contributed by atoms with Crippen LogP contribution < -0.4 is 0 Å². The highest BCUT2D eigenvalue weighted by molar-refractivity contribution is 6.36. The number of carbonyl (C=O) groups excluding carboxylic acids is 1. The van der Waals surface area contributed by atoms with E-state index < -0.39 is 27.1 Å². The Morgan fingerprint density at radius 2 is 1.73 bits per heavy atom. The molecule has 1 saturated heterocycles. The number of piperazine rings is 1. The zero-order valence-electron chi connectivity index (χ0n) is 11.7. The van der Waals surface area contributed by atoms with Crippen LogP contribution in [0.5, 0.6) is 0 Å². The maximum atomic E-state index is 12.5. The number of nitro groups is 2. The molecule has 22 heavy (non-hydrogen) atoms. The molecule has 0 bridgehead atoms. The average Bonchev–Trinajstić information content (AvgIpc) is 2.47. The third-order valence-corrected chi connectivity index (χ3v) is 3.86. The first-order chi connectivity index (χ1) is 10.3. The van der Waals surface area contributed by atoms with E-state index in [-0.39, 0.29) is 10.6 Å². The Morgan fingerprint density at radius 1 is 1.14 bits per heavy atom. The minimum absolute atomic E-state index is 0.216. The molecule has 1 aliphatic heterocycles. The van der Waals surface area contributed by atoms with E-state index in [1.54, 1.807) is 0 Å². The van der Waals surface area contributed by atoms with Crippen LogP contribution in [0.25, 0.3) is 0 Å². The summed E-state index contributed by atoms with van der Waals surface area (Å²) < 4.78 is 0. The quantitative estimate of drug-likeness (QED) is 0.615. The molecule has 0 aromatic heterocycles. The maximum Gasteiger partial charge on any atom is 0.295 e. The number of non-ortho nitro benzene ring substituents is 1. The first kappa shape index (κ1) is 16.1. The average molecular weight is 329 g/mol. The fourth-order valence-corrected chi connectivity index (χ4v) is 2.43. The van der Waals surface area contributed by atoms with Gasteiger partial charge in [-0.15, -0.1) is 0 Å². The van der Waals surface area contributed by atoms with E-state index in [2.05, 4.69) is 0 Å². The van der Waals surface area contributed by atoms with Gasteiger partial charge in [0.1, 0.15) is 5.02 Å². The summed E-state index contributed by atoms with van der Waals surface area (Å²) in [7, 11) is 1.91. The summed E-state index contributed by atoms with van der Waals surface area (Å²) in [5.74, 6) is -0.537. The summed E-state index contributed by atoms with van der Waals surface area (Å²) in [6.45, 7) is 2.17. The molecule has 2 rings (SSSR count). The molecule has 1 heterocycles. The minimum atomic E-state index is -0.837. The van der Waals surface area contributed by atoms with Crippen molar-refractivity contribution in [1.29, 1.82) is 0 Å². The van der Waals surface area contributed by atoms with Gasteiger partial charge in [0.05, 0.1) is 21.5 Å². The number of likely N-dealkylation sites (N-methyl/N-ethyl adjacent to an activating group) is 1. The molecule has 0 atom stereocenters. The molecule has 118 valence electrons. The molecule has 1 aromatic rings. The number of nitrogens with zero attached hydrogens (tertiary/aromatic N) is 4. The number of hydrogen-bond acceptors (Lipinski definition) is 6. The van der Waals surface area contributed by atoms with Gasteiger partial charge in [0, 0.05) is 32.2 Å². The number of benzene rings is 1. The van der Waals surface area contributed by atoms with Crippen LogP contribution in [-0.4, -0.2) is 58.8 Å². The van der Waals surface area contributed by atoms with E-state index in [1.165, 1.54) is 4.90 Å². The molecule has 0 radical (unpaired) electrons. The van der Waals surface area contributed by atoms with E-state index >= 15 is 0 Å². The van der Waals surface area contributed by atoms with Crippen LogP contribution in [-0.2, 0) is 0 Å². The fraction of sp³-hybridized carbons (Fsp3) is 0.417. The molecular formula is C12H13ClN4O5. The van der Waals surface area contributed by atoms with Crippen molar-refractivity contribution in [2.75, 3.05) is 33.2 Å². The van der Waals surface area contributed by atoms with Gasteiger partial charge >= 0.3 is 0 Å². The number of hydrogen-bond donors (Lipinski definition) is 0. The van der Waals surface area contributed by atoms with Crippen molar-refractivity contribution in [2.24, 2.45) is 0 Å². The highest BCUT2D eigenvalue weighted by Crippen LogP contribution is 2.33. The molecule has 1 aliphatic rings. The van der Waals surface area contributed by atoms with Crippen molar-refractivity contribution >= 4 is 28.9 Å².